The quantitative estimate of drug-likeness (QED) is 0.718. The zero-order valence-corrected chi connectivity index (χ0v) is 12.1. The first-order valence-corrected chi connectivity index (χ1v) is 7.51. The molecule has 0 aromatic carbocycles. The first-order chi connectivity index (χ1) is 9.13. The predicted octanol–water partition coefficient (Wildman–Crippen LogP) is 2.37. The van der Waals surface area contributed by atoms with Crippen molar-refractivity contribution in [3.63, 3.8) is 0 Å². The second-order valence-electron chi connectivity index (χ2n) is 5.98. The maximum absolute atomic E-state index is 12.5. The van der Waals surface area contributed by atoms with Crippen molar-refractivity contribution in [1.29, 1.82) is 0 Å². The van der Waals surface area contributed by atoms with Crippen LogP contribution in [0, 0.1) is 11.8 Å². The number of hydrogen-bond acceptors (Lipinski definition) is 3. The largest absolute Gasteiger partial charge is 0.469 e. The molecule has 0 bridgehead atoms. The van der Waals surface area contributed by atoms with E-state index in [-0.39, 0.29) is 23.7 Å². The van der Waals surface area contributed by atoms with Crippen LogP contribution in [-0.2, 0) is 14.3 Å². The molecule has 0 aromatic heterocycles. The smallest absolute Gasteiger partial charge is 0.310 e. The summed E-state index contributed by atoms with van der Waals surface area (Å²) in [6, 6.07) is 0.347. The molecule has 0 aromatic rings. The lowest BCUT2D eigenvalue weighted by atomic mass is 9.83. The fraction of sp³-hybridized carbons (Fsp3) is 0.867. The molecule has 2 aliphatic carbocycles. The van der Waals surface area contributed by atoms with Crippen molar-refractivity contribution in [2.45, 2.75) is 57.9 Å². The number of amides is 1. The van der Waals surface area contributed by atoms with Gasteiger partial charge in [-0.1, -0.05) is 26.2 Å². The minimum absolute atomic E-state index is 0.213. The third-order valence-electron chi connectivity index (χ3n) is 4.58. The minimum atomic E-state index is -0.227. The first-order valence-electron chi connectivity index (χ1n) is 7.51. The van der Waals surface area contributed by atoms with Crippen LogP contribution in [0.5, 0.6) is 0 Å². The lowest BCUT2D eigenvalue weighted by Gasteiger charge is -2.36. The topological polar surface area (TPSA) is 46.6 Å². The van der Waals surface area contributed by atoms with Crippen LogP contribution in [0.1, 0.15) is 51.9 Å². The standard InChI is InChI=1S/C15H25NO3/c1-11(15(18)19-2)10-16(13-8-3-4-9-13)14(17)12-6-5-7-12/h11-13H,3-10H2,1-2H3. The highest BCUT2D eigenvalue weighted by molar-refractivity contribution is 5.81. The van der Waals surface area contributed by atoms with Gasteiger partial charge in [0.1, 0.15) is 0 Å². The van der Waals surface area contributed by atoms with Gasteiger partial charge in [0, 0.05) is 18.5 Å². The Morgan fingerprint density at radius 1 is 1.16 bits per heavy atom. The van der Waals surface area contributed by atoms with Gasteiger partial charge in [-0.15, -0.1) is 0 Å². The zero-order valence-electron chi connectivity index (χ0n) is 12.1. The molecule has 4 heteroatoms. The van der Waals surface area contributed by atoms with Crippen molar-refractivity contribution in [2.75, 3.05) is 13.7 Å². The Morgan fingerprint density at radius 2 is 1.79 bits per heavy atom. The van der Waals surface area contributed by atoms with Crippen molar-refractivity contribution in [2.24, 2.45) is 11.8 Å². The molecule has 0 aliphatic heterocycles. The molecule has 0 spiro atoms. The Morgan fingerprint density at radius 3 is 2.26 bits per heavy atom. The molecule has 0 saturated heterocycles. The van der Waals surface area contributed by atoms with Gasteiger partial charge in [-0.05, 0) is 25.7 Å². The van der Waals surface area contributed by atoms with E-state index >= 15 is 0 Å². The molecule has 1 atom stereocenters. The summed E-state index contributed by atoms with van der Waals surface area (Å²) in [5, 5.41) is 0. The van der Waals surface area contributed by atoms with E-state index < -0.39 is 0 Å². The summed E-state index contributed by atoms with van der Waals surface area (Å²) in [7, 11) is 1.41. The summed E-state index contributed by atoms with van der Waals surface area (Å²) in [6.45, 7) is 2.37. The molecule has 2 saturated carbocycles. The van der Waals surface area contributed by atoms with Gasteiger partial charge < -0.3 is 9.64 Å². The SMILES string of the molecule is COC(=O)C(C)CN(C(=O)C1CCC1)C1CCCC1. The molecule has 2 fully saturated rings. The fourth-order valence-electron chi connectivity index (χ4n) is 3.10. The second kappa shape index (κ2) is 6.40. The van der Waals surface area contributed by atoms with Gasteiger partial charge in [-0.3, -0.25) is 9.59 Å². The van der Waals surface area contributed by atoms with Crippen LogP contribution >= 0.6 is 0 Å². The van der Waals surface area contributed by atoms with Crippen LogP contribution in [0.4, 0.5) is 0 Å². The number of ether oxygens (including phenoxy) is 1. The molecule has 0 radical (unpaired) electrons. The third-order valence-corrected chi connectivity index (χ3v) is 4.58. The highest BCUT2D eigenvalue weighted by atomic mass is 16.5. The zero-order chi connectivity index (χ0) is 13.8. The molecule has 2 rings (SSSR count). The third kappa shape index (κ3) is 3.28. The number of nitrogens with zero attached hydrogens (tertiary/aromatic N) is 1. The predicted molar refractivity (Wildman–Crippen MR) is 72.5 cm³/mol. The van der Waals surface area contributed by atoms with Gasteiger partial charge in [-0.2, -0.15) is 0 Å². The number of esters is 1. The molecule has 0 heterocycles. The molecule has 19 heavy (non-hydrogen) atoms. The van der Waals surface area contributed by atoms with E-state index in [1.54, 1.807) is 0 Å². The van der Waals surface area contributed by atoms with Crippen molar-refractivity contribution in [1.82, 2.24) is 4.90 Å². The van der Waals surface area contributed by atoms with Gasteiger partial charge in [0.2, 0.25) is 5.91 Å². The first kappa shape index (κ1) is 14.4. The number of carbonyl (C=O) groups excluding carboxylic acids is 2. The van der Waals surface area contributed by atoms with Crippen LogP contribution < -0.4 is 0 Å². The highest BCUT2D eigenvalue weighted by Crippen LogP contribution is 2.32. The lowest BCUT2D eigenvalue weighted by Crippen LogP contribution is -2.47. The van der Waals surface area contributed by atoms with Gasteiger partial charge in [0.25, 0.3) is 0 Å². The molecule has 1 amide bonds. The molecular weight excluding hydrogens is 242 g/mol. The normalized spacial score (nSPS) is 21.8. The maximum Gasteiger partial charge on any atom is 0.310 e. The van der Waals surface area contributed by atoms with Crippen molar-refractivity contribution >= 4 is 11.9 Å². The molecular formula is C15H25NO3. The highest BCUT2D eigenvalue weighted by Gasteiger charge is 2.35. The Kier molecular flexibility index (Phi) is 4.83. The van der Waals surface area contributed by atoms with Crippen LogP contribution in [0.2, 0.25) is 0 Å². The Balaban J connectivity index is 2.00. The molecule has 4 nitrogen and oxygen atoms in total. The summed E-state index contributed by atoms with van der Waals surface area (Å²) in [5.41, 5.74) is 0. The number of rotatable bonds is 5. The minimum Gasteiger partial charge on any atom is -0.469 e. The van der Waals surface area contributed by atoms with Crippen LogP contribution in [0.3, 0.4) is 0 Å². The van der Waals surface area contributed by atoms with Gasteiger partial charge >= 0.3 is 5.97 Å². The molecule has 0 N–H and O–H groups in total. The van der Waals surface area contributed by atoms with E-state index in [1.807, 2.05) is 11.8 Å². The summed E-state index contributed by atoms with van der Waals surface area (Å²) in [4.78, 5) is 26.1. The molecule has 1 unspecified atom stereocenters. The number of hydrogen-bond donors (Lipinski definition) is 0. The number of carbonyl (C=O) groups is 2. The van der Waals surface area contributed by atoms with Crippen LogP contribution in [-0.4, -0.2) is 36.5 Å². The Bertz CT molecular complexity index is 332. The van der Waals surface area contributed by atoms with Crippen molar-refractivity contribution < 1.29 is 14.3 Å². The van der Waals surface area contributed by atoms with Gasteiger partial charge in [0.15, 0.2) is 0 Å². The Labute approximate surface area is 115 Å². The molecule has 2 aliphatic rings. The van der Waals surface area contributed by atoms with Crippen LogP contribution in [0.25, 0.3) is 0 Å². The van der Waals surface area contributed by atoms with Crippen molar-refractivity contribution in [3.05, 3.63) is 0 Å². The summed E-state index contributed by atoms with van der Waals surface area (Å²) in [6.07, 6.45) is 7.79. The van der Waals surface area contributed by atoms with E-state index in [9.17, 15) is 9.59 Å². The van der Waals surface area contributed by atoms with Crippen molar-refractivity contribution in [3.8, 4) is 0 Å². The van der Waals surface area contributed by atoms with E-state index in [4.69, 9.17) is 4.74 Å². The monoisotopic (exact) mass is 267 g/mol. The summed E-state index contributed by atoms with van der Waals surface area (Å²) >= 11 is 0. The molecule has 108 valence electrons. The second-order valence-corrected chi connectivity index (χ2v) is 5.98. The van der Waals surface area contributed by atoms with Gasteiger partial charge in [-0.25, -0.2) is 0 Å². The summed E-state index contributed by atoms with van der Waals surface area (Å²) in [5.74, 6) is 0.0402. The van der Waals surface area contributed by atoms with Gasteiger partial charge in [0.05, 0.1) is 13.0 Å². The lowest BCUT2D eigenvalue weighted by molar-refractivity contribution is -0.148. The van der Waals surface area contributed by atoms with E-state index in [2.05, 4.69) is 0 Å². The average Bonchev–Trinajstić information content (AvgIpc) is 2.85. The van der Waals surface area contributed by atoms with E-state index in [1.165, 1.54) is 26.4 Å². The van der Waals surface area contributed by atoms with Crippen LogP contribution in [0.15, 0.2) is 0 Å². The van der Waals surface area contributed by atoms with E-state index in [0.29, 0.717) is 12.6 Å². The average molecular weight is 267 g/mol. The number of methoxy groups -OCH3 is 1. The van der Waals surface area contributed by atoms with E-state index in [0.717, 1.165) is 25.7 Å². The maximum atomic E-state index is 12.5. The Hall–Kier alpha value is -1.06. The summed E-state index contributed by atoms with van der Waals surface area (Å²) < 4.78 is 4.78. The fourth-order valence-corrected chi connectivity index (χ4v) is 3.10.